The lowest BCUT2D eigenvalue weighted by atomic mass is 10.1. The van der Waals surface area contributed by atoms with Crippen LogP contribution in [-0.4, -0.2) is 84.6 Å². The number of carbonyl (C=O) groups is 1. The first kappa shape index (κ1) is 19.2. The van der Waals surface area contributed by atoms with E-state index in [2.05, 4.69) is 15.1 Å². The Balaban J connectivity index is 1.39. The Bertz CT molecular complexity index is 797. The molecule has 2 bridgehead atoms. The quantitative estimate of drug-likeness (QED) is 0.805. The topological polar surface area (TPSA) is 83.8 Å². The van der Waals surface area contributed by atoms with Crippen LogP contribution in [0, 0.1) is 13.8 Å². The molecular weight excluding hydrogens is 360 g/mol. The van der Waals surface area contributed by atoms with E-state index in [0.29, 0.717) is 31.9 Å². The molecule has 2 aromatic rings. The van der Waals surface area contributed by atoms with Gasteiger partial charge < -0.3 is 18.8 Å². The Kier molecular flexibility index (Phi) is 5.52. The van der Waals surface area contributed by atoms with E-state index >= 15 is 0 Å². The lowest BCUT2D eigenvalue weighted by Gasteiger charge is -2.45. The van der Waals surface area contributed by atoms with Gasteiger partial charge in [-0.15, -0.1) is 0 Å². The van der Waals surface area contributed by atoms with E-state index in [-0.39, 0.29) is 18.1 Å². The highest BCUT2D eigenvalue weighted by molar-refractivity contribution is 5.91. The van der Waals surface area contributed by atoms with Crippen molar-refractivity contribution >= 4 is 5.91 Å². The minimum absolute atomic E-state index is 0.0407. The average Bonchev–Trinajstić information content (AvgIpc) is 3.27. The number of methoxy groups -OCH3 is 1. The zero-order chi connectivity index (χ0) is 19.7. The summed E-state index contributed by atoms with van der Waals surface area (Å²) in [4.78, 5) is 17.2. The maximum absolute atomic E-state index is 13.0. The molecule has 0 saturated carbocycles. The van der Waals surface area contributed by atoms with Gasteiger partial charge in [0.15, 0.2) is 5.76 Å². The number of aryl methyl sites for hydroxylation is 2. The van der Waals surface area contributed by atoms with Gasteiger partial charge in [-0.3, -0.25) is 14.8 Å². The zero-order valence-corrected chi connectivity index (χ0v) is 16.7. The molecule has 2 aromatic heterocycles. The zero-order valence-electron chi connectivity index (χ0n) is 16.7. The van der Waals surface area contributed by atoms with E-state index < -0.39 is 0 Å². The fourth-order valence-corrected chi connectivity index (χ4v) is 4.10. The van der Waals surface area contributed by atoms with Gasteiger partial charge in [-0.25, -0.2) is 0 Å². The number of furan rings is 1. The molecule has 0 aromatic carbocycles. The van der Waals surface area contributed by atoms with Crippen LogP contribution in [0.2, 0.25) is 0 Å². The maximum atomic E-state index is 13.0. The lowest BCUT2D eigenvalue weighted by Crippen LogP contribution is -2.60. The summed E-state index contributed by atoms with van der Waals surface area (Å²) in [5.41, 5.74) is 3.10. The van der Waals surface area contributed by atoms with Gasteiger partial charge in [-0.1, -0.05) is 0 Å². The van der Waals surface area contributed by atoms with E-state index in [1.165, 1.54) is 0 Å². The molecule has 4 rings (SSSR count). The Hall–Kier alpha value is -2.16. The maximum Gasteiger partial charge on any atom is 0.289 e. The molecule has 2 atom stereocenters. The number of hydrogen-bond acceptors (Lipinski definition) is 6. The third-order valence-corrected chi connectivity index (χ3v) is 5.56. The summed E-state index contributed by atoms with van der Waals surface area (Å²) in [7, 11) is 1.72. The van der Waals surface area contributed by atoms with Crippen molar-refractivity contribution in [3.05, 3.63) is 40.6 Å². The van der Waals surface area contributed by atoms with Crippen LogP contribution in [0.4, 0.5) is 0 Å². The fraction of sp³-hybridized carbons (Fsp3) is 0.600. The minimum atomic E-state index is -0.0597. The molecule has 2 aliphatic heterocycles. The molecule has 28 heavy (non-hydrogen) atoms. The van der Waals surface area contributed by atoms with Crippen molar-refractivity contribution in [1.82, 2.24) is 20.0 Å². The summed E-state index contributed by atoms with van der Waals surface area (Å²) in [6.07, 6.45) is 0.711. The molecule has 4 heterocycles. The van der Waals surface area contributed by atoms with Crippen LogP contribution in [0.3, 0.4) is 0 Å². The highest BCUT2D eigenvalue weighted by Crippen LogP contribution is 2.23. The first-order valence-electron chi connectivity index (χ1n) is 9.78. The van der Waals surface area contributed by atoms with Gasteiger partial charge in [0.1, 0.15) is 5.76 Å². The van der Waals surface area contributed by atoms with Gasteiger partial charge >= 0.3 is 0 Å². The van der Waals surface area contributed by atoms with E-state index in [4.69, 9.17) is 13.9 Å². The molecule has 2 saturated heterocycles. The summed E-state index contributed by atoms with van der Waals surface area (Å²) in [5.74, 6) is 1.11. The fourth-order valence-electron chi connectivity index (χ4n) is 4.10. The minimum Gasteiger partial charge on any atom is -0.456 e. The second-order valence-corrected chi connectivity index (χ2v) is 7.70. The summed E-state index contributed by atoms with van der Waals surface area (Å²) < 4.78 is 17.1. The Morgan fingerprint density at radius 1 is 1.25 bits per heavy atom. The number of fused-ring (bicyclic) bond motifs is 2. The number of hydrogen-bond donors (Lipinski definition) is 1. The van der Waals surface area contributed by atoms with Crippen LogP contribution in [0.1, 0.15) is 33.3 Å². The number of aromatic amines is 1. The van der Waals surface area contributed by atoms with Gasteiger partial charge in [0.2, 0.25) is 0 Å². The SMILES string of the molecule is COCCN1CC2CN(C(=O)c3ccc(Cc4c(C)n[nH]c4C)o3)CC(C1)O2. The van der Waals surface area contributed by atoms with Gasteiger partial charge in [-0.05, 0) is 26.0 Å². The first-order chi connectivity index (χ1) is 13.5. The molecule has 8 heteroatoms. The molecular formula is C20H28N4O4. The van der Waals surface area contributed by atoms with Crippen molar-refractivity contribution in [2.45, 2.75) is 32.5 Å². The monoisotopic (exact) mass is 388 g/mol. The van der Waals surface area contributed by atoms with Gasteiger partial charge in [0.25, 0.3) is 5.91 Å². The van der Waals surface area contributed by atoms with Crippen LogP contribution in [0.25, 0.3) is 0 Å². The number of carbonyl (C=O) groups excluding carboxylic acids is 1. The van der Waals surface area contributed by atoms with Gasteiger partial charge in [0, 0.05) is 57.5 Å². The number of H-pyrrole nitrogens is 1. The van der Waals surface area contributed by atoms with Crippen molar-refractivity contribution in [2.75, 3.05) is 46.4 Å². The average molecular weight is 388 g/mol. The highest BCUT2D eigenvalue weighted by atomic mass is 16.5. The third kappa shape index (κ3) is 3.99. The number of aromatic nitrogens is 2. The molecule has 2 fully saturated rings. The molecule has 0 radical (unpaired) electrons. The van der Waals surface area contributed by atoms with Crippen molar-refractivity contribution in [3.8, 4) is 0 Å². The number of nitrogens with one attached hydrogen (secondary N) is 1. The summed E-state index contributed by atoms with van der Waals surface area (Å²) in [5, 5.41) is 7.20. The van der Waals surface area contributed by atoms with Crippen LogP contribution >= 0.6 is 0 Å². The van der Waals surface area contributed by atoms with Crippen LogP contribution in [0.5, 0.6) is 0 Å². The second-order valence-electron chi connectivity index (χ2n) is 7.70. The molecule has 1 amide bonds. The Morgan fingerprint density at radius 3 is 2.64 bits per heavy atom. The molecule has 152 valence electrons. The largest absolute Gasteiger partial charge is 0.456 e. The van der Waals surface area contributed by atoms with E-state index in [0.717, 1.165) is 42.3 Å². The van der Waals surface area contributed by atoms with Crippen LogP contribution in [0.15, 0.2) is 16.5 Å². The van der Waals surface area contributed by atoms with Gasteiger partial charge in [-0.2, -0.15) is 5.10 Å². The molecule has 1 N–H and O–H groups in total. The smallest absolute Gasteiger partial charge is 0.289 e. The number of rotatable bonds is 6. The van der Waals surface area contributed by atoms with E-state index in [1.54, 1.807) is 13.2 Å². The molecule has 8 nitrogen and oxygen atoms in total. The lowest BCUT2D eigenvalue weighted by molar-refractivity contribution is -0.132. The summed E-state index contributed by atoms with van der Waals surface area (Å²) in [6, 6.07) is 3.66. The third-order valence-electron chi connectivity index (χ3n) is 5.56. The summed E-state index contributed by atoms with van der Waals surface area (Å²) >= 11 is 0. The number of morpholine rings is 2. The van der Waals surface area contributed by atoms with Crippen LogP contribution in [-0.2, 0) is 15.9 Å². The Morgan fingerprint density at radius 2 is 2.00 bits per heavy atom. The Labute approximate surface area is 164 Å². The van der Waals surface area contributed by atoms with Crippen molar-refractivity contribution in [2.24, 2.45) is 0 Å². The molecule has 0 spiro atoms. The number of amides is 1. The summed E-state index contributed by atoms with van der Waals surface area (Å²) in [6.45, 7) is 8.41. The number of ether oxygens (including phenoxy) is 2. The highest BCUT2D eigenvalue weighted by Gasteiger charge is 2.37. The van der Waals surface area contributed by atoms with E-state index in [9.17, 15) is 4.79 Å². The predicted octanol–water partition coefficient (Wildman–Crippen LogP) is 1.38. The first-order valence-corrected chi connectivity index (χ1v) is 9.78. The predicted molar refractivity (Wildman–Crippen MR) is 102 cm³/mol. The normalized spacial score (nSPS) is 22.6. The van der Waals surface area contributed by atoms with Crippen molar-refractivity contribution in [3.63, 3.8) is 0 Å². The standard InChI is InChI=1S/C20H28N4O4/c1-13-18(14(2)22-21-13)8-15-4-5-19(28-15)20(25)24-11-16-9-23(6-7-26-3)10-17(12-24)27-16/h4-5,16-17H,6-12H2,1-3H3,(H,21,22). The molecule has 0 aliphatic carbocycles. The van der Waals surface area contributed by atoms with Crippen molar-refractivity contribution < 1.29 is 18.7 Å². The molecule has 2 unspecified atom stereocenters. The van der Waals surface area contributed by atoms with Gasteiger partial charge in [0.05, 0.1) is 24.5 Å². The van der Waals surface area contributed by atoms with Crippen molar-refractivity contribution in [1.29, 1.82) is 0 Å². The second kappa shape index (κ2) is 8.06. The number of nitrogens with zero attached hydrogens (tertiary/aromatic N) is 3. The van der Waals surface area contributed by atoms with Crippen LogP contribution < -0.4 is 0 Å². The van der Waals surface area contributed by atoms with E-state index in [1.807, 2.05) is 24.8 Å². The molecule has 2 aliphatic rings.